The van der Waals surface area contributed by atoms with Crippen molar-refractivity contribution >= 4 is 17.8 Å². The van der Waals surface area contributed by atoms with Gasteiger partial charge in [0.05, 0.1) is 0 Å². The number of amides is 1. The van der Waals surface area contributed by atoms with Gasteiger partial charge >= 0.3 is 0 Å². The lowest BCUT2D eigenvalue weighted by atomic mass is 10.1. The van der Waals surface area contributed by atoms with Gasteiger partial charge in [-0.3, -0.25) is 4.79 Å². The predicted molar refractivity (Wildman–Crippen MR) is 67.5 cm³/mol. The molecule has 1 amide bonds. The molecule has 0 radical (unpaired) electrons. The van der Waals surface area contributed by atoms with E-state index in [1.165, 1.54) is 0 Å². The number of hydrogen-bond donors (Lipinski definition) is 1. The van der Waals surface area contributed by atoms with Crippen LogP contribution in [0.4, 0.5) is 0 Å². The van der Waals surface area contributed by atoms with Crippen molar-refractivity contribution in [1.29, 1.82) is 0 Å². The van der Waals surface area contributed by atoms with E-state index in [4.69, 9.17) is 0 Å². The standard InChI is InChI=1S/C14H14N2O/c1-9-4-2-3-5-11(9)8-12-14(17)16-13(15-12)10-6-7-10/h2-5,8,10H,6-7H2,1H3,(H,15,16,17)/b12-8-. The third kappa shape index (κ3) is 2.00. The van der Waals surface area contributed by atoms with Crippen LogP contribution in [0.2, 0.25) is 0 Å². The molecule has 17 heavy (non-hydrogen) atoms. The van der Waals surface area contributed by atoms with E-state index in [0.29, 0.717) is 11.6 Å². The molecular weight excluding hydrogens is 212 g/mol. The highest BCUT2D eigenvalue weighted by atomic mass is 16.2. The fourth-order valence-corrected chi connectivity index (χ4v) is 1.93. The zero-order valence-corrected chi connectivity index (χ0v) is 9.73. The number of benzene rings is 1. The van der Waals surface area contributed by atoms with Gasteiger partial charge in [0.2, 0.25) is 0 Å². The van der Waals surface area contributed by atoms with Gasteiger partial charge in [0, 0.05) is 5.92 Å². The number of aliphatic imine (C=N–C) groups is 1. The smallest absolute Gasteiger partial charge is 0.275 e. The SMILES string of the molecule is Cc1ccccc1/C=C1\N=C(C2CC2)NC1=O. The average molecular weight is 226 g/mol. The molecule has 3 nitrogen and oxygen atoms in total. The van der Waals surface area contributed by atoms with Gasteiger partial charge in [-0.2, -0.15) is 0 Å². The summed E-state index contributed by atoms with van der Waals surface area (Å²) in [6, 6.07) is 7.99. The highest BCUT2D eigenvalue weighted by Crippen LogP contribution is 2.32. The number of carbonyl (C=O) groups excluding carboxylic acids is 1. The maximum Gasteiger partial charge on any atom is 0.275 e. The molecule has 0 saturated heterocycles. The molecule has 0 aromatic heterocycles. The Balaban J connectivity index is 1.93. The van der Waals surface area contributed by atoms with Gasteiger partial charge in [-0.1, -0.05) is 24.3 Å². The van der Waals surface area contributed by atoms with Crippen LogP contribution in [0.5, 0.6) is 0 Å². The summed E-state index contributed by atoms with van der Waals surface area (Å²) in [5.74, 6) is 1.27. The van der Waals surface area contributed by atoms with Crippen molar-refractivity contribution in [2.45, 2.75) is 19.8 Å². The van der Waals surface area contributed by atoms with Crippen molar-refractivity contribution in [3.05, 3.63) is 41.1 Å². The largest absolute Gasteiger partial charge is 0.308 e. The zero-order valence-electron chi connectivity index (χ0n) is 9.73. The molecule has 3 heteroatoms. The second-order valence-corrected chi connectivity index (χ2v) is 4.61. The third-order valence-corrected chi connectivity index (χ3v) is 3.16. The highest BCUT2D eigenvalue weighted by Gasteiger charge is 2.33. The number of carbonyl (C=O) groups is 1. The van der Waals surface area contributed by atoms with E-state index in [1.807, 2.05) is 37.3 Å². The first-order valence-electron chi connectivity index (χ1n) is 5.91. The van der Waals surface area contributed by atoms with Crippen molar-refractivity contribution in [2.75, 3.05) is 0 Å². The van der Waals surface area contributed by atoms with Crippen LogP contribution in [-0.4, -0.2) is 11.7 Å². The summed E-state index contributed by atoms with van der Waals surface area (Å²) in [5, 5.41) is 2.85. The lowest BCUT2D eigenvalue weighted by Gasteiger charge is -1.98. The van der Waals surface area contributed by atoms with Gasteiger partial charge < -0.3 is 5.32 Å². The second kappa shape index (κ2) is 3.84. The molecule has 1 heterocycles. The number of nitrogens with one attached hydrogen (secondary N) is 1. The molecule has 2 aliphatic rings. The second-order valence-electron chi connectivity index (χ2n) is 4.61. The number of nitrogens with zero attached hydrogens (tertiary/aromatic N) is 1. The van der Waals surface area contributed by atoms with Crippen LogP contribution in [0.1, 0.15) is 24.0 Å². The van der Waals surface area contributed by atoms with Crippen molar-refractivity contribution < 1.29 is 4.79 Å². The summed E-state index contributed by atoms with van der Waals surface area (Å²) in [6.45, 7) is 2.03. The fourth-order valence-electron chi connectivity index (χ4n) is 1.93. The first-order valence-corrected chi connectivity index (χ1v) is 5.91. The molecule has 0 atom stereocenters. The summed E-state index contributed by atoms with van der Waals surface area (Å²) in [5.41, 5.74) is 2.74. The minimum Gasteiger partial charge on any atom is -0.308 e. The average Bonchev–Trinajstić information content (AvgIpc) is 3.09. The van der Waals surface area contributed by atoms with Crippen LogP contribution in [-0.2, 0) is 4.79 Å². The first-order chi connectivity index (χ1) is 8.24. The monoisotopic (exact) mass is 226 g/mol. The Morgan fingerprint density at radius 1 is 1.35 bits per heavy atom. The minimum atomic E-state index is -0.0739. The quantitative estimate of drug-likeness (QED) is 0.772. The molecule has 0 bridgehead atoms. The molecule has 0 spiro atoms. The summed E-state index contributed by atoms with van der Waals surface area (Å²) >= 11 is 0. The summed E-state index contributed by atoms with van der Waals surface area (Å²) in [6.07, 6.45) is 4.16. The van der Waals surface area contributed by atoms with Gasteiger partial charge in [0.25, 0.3) is 5.91 Å². The maximum absolute atomic E-state index is 11.7. The number of hydrogen-bond acceptors (Lipinski definition) is 2. The highest BCUT2D eigenvalue weighted by molar-refractivity contribution is 6.15. The van der Waals surface area contributed by atoms with Crippen LogP contribution in [0.3, 0.4) is 0 Å². The number of aryl methyl sites for hydroxylation is 1. The van der Waals surface area contributed by atoms with Crippen LogP contribution < -0.4 is 5.32 Å². The van der Waals surface area contributed by atoms with Gasteiger partial charge in [-0.25, -0.2) is 4.99 Å². The fraction of sp³-hybridized carbons (Fsp3) is 0.286. The first kappa shape index (κ1) is 10.3. The van der Waals surface area contributed by atoms with E-state index in [1.54, 1.807) is 0 Å². The van der Waals surface area contributed by atoms with Crippen LogP contribution in [0.15, 0.2) is 35.0 Å². The third-order valence-electron chi connectivity index (χ3n) is 3.16. The Kier molecular flexibility index (Phi) is 2.32. The lowest BCUT2D eigenvalue weighted by molar-refractivity contribution is -0.115. The molecule has 86 valence electrons. The molecule has 1 aliphatic carbocycles. The molecule has 1 fully saturated rings. The molecule has 1 aromatic carbocycles. The summed E-state index contributed by atoms with van der Waals surface area (Å²) < 4.78 is 0. The van der Waals surface area contributed by atoms with Crippen molar-refractivity contribution in [2.24, 2.45) is 10.9 Å². The molecule has 3 rings (SSSR count). The maximum atomic E-state index is 11.7. The molecule has 1 aliphatic heterocycles. The Morgan fingerprint density at radius 2 is 2.12 bits per heavy atom. The molecule has 0 unspecified atom stereocenters. The summed E-state index contributed by atoms with van der Waals surface area (Å²) in [4.78, 5) is 16.1. The van der Waals surface area contributed by atoms with Gasteiger partial charge in [0.1, 0.15) is 11.5 Å². The Morgan fingerprint density at radius 3 is 2.82 bits per heavy atom. The van der Waals surface area contributed by atoms with E-state index < -0.39 is 0 Å². The predicted octanol–water partition coefficient (Wildman–Crippen LogP) is 2.27. The number of rotatable bonds is 2. The molecule has 1 aromatic rings. The molecular formula is C14H14N2O. The summed E-state index contributed by atoms with van der Waals surface area (Å²) in [7, 11) is 0. The van der Waals surface area contributed by atoms with Crippen LogP contribution in [0.25, 0.3) is 6.08 Å². The normalized spacial score (nSPS) is 21.6. The van der Waals surface area contributed by atoms with E-state index in [-0.39, 0.29) is 5.91 Å². The number of amidine groups is 1. The van der Waals surface area contributed by atoms with E-state index >= 15 is 0 Å². The minimum absolute atomic E-state index is 0.0739. The Labute approximate surface area is 100 Å². The van der Waals surface area contributed by atoms with Crippen LogP contribution in [0, 0.1) is 12.8 Å². The van der Waals surface area contributed by atoms with Crippen molar-refractivity contribution in [3.8, 4) is 0 Å². The van der Waals surface area contributed by atoms with Gasteiger partial charge in [-0.05, 0) is 37.0 Å². The topological polar surface area (TPSA) is 41.5 Å². The molecule has 1 saturated carbocycles. The van der Waals surface area contributed by atoms with Crippen molar-refractivity contribution in [3.63, 3.8) is 0 Å². The van der Waals surface area contributed by atoms with E-state index in [0.717, 1.165) is 29.8 Å². The van der Waals surface area contributed by atoms with Gasteiger partial charge in [0.15, 0.2) is 0 Å². The zero-order chi connectivity index (χ0) is 11.8. The lowest BCUT2D eigenvalue weighted by Crippen LogP contribution is -2.25. The van der Waals surface area contributed by atoms with E-state index in [9.17, 15) is 4.79 Å². The molecule has 1 N–H and O–H groups in total. The Bertz CT molecular complexity index is 539. The van der Waals surface area contributed by atoms with Crippen molar-refractivity contribution in [1.82, 2.24) is 5.32 Å². The Hall–Kier alpha value is -1.90. The van der Waals surface area contributed by atoms with Crippen LogP contribution >= 0.6 is 0 Å². The van der Waals surface area contributed by atoms with Gasteiger partial charge in [-0.15, -0.1) is 0 Å². The van der Waals surface area contributed by atoms with E-state index in [2.05, 4.69) is 10.3 Å².